The molecule has 0 atom stereocenters. The molecule has 1 amide bonds. The summed E-state index contributed by atoms with van der Waals surface area (Å²) in [6, 6.07) is 9.31. The minimum Gasteiger partial charge on any atom is -0.369 e. The first-order valence-electron chi connectivity index (χ1n) is 7.47. The Balaban J connectivity index is 1.74. The van der Waals surface area contributed by atoms with Gasteiger partial charge in [-0.05, 0) is 38.1 Å². The van der Waals surface area contributed by atoms with E-state index in [0.717, 1.165) is 21.4 Å². The van der Waals surface area contributed by atoms with Crippen LogP contribution in [0, 0.1) is 13.8 Å². The van der Waals surface area contributed by atoms with E-state index in [0.29, 0.717) is 17.9 Å². The fourth-order valence-electron chi connectivity index (χ4n) is 2.19. The Morgan fingerprint density at radius 2 is 2.04 bits per heavy atom. The molecule has 3 rings (SSSR count). The second-order valence-corrected chi connectivity index (χ2v) is 6.43. The van der Waals surface area contributed by atoms with E-state index >= 15 is 0 Å². The third-order valence-electron chi connectivity index (χ3n) is 3.26. The fraction of sp³-hybridized carbons (Fsp3) is 0.176. The van der Waals surface area contributed by atoms with Crippen molar-refractivity contribution in [2.75, 3.05) is 10.6 Å². The molecule has 6 nitrogen and oxygen atoms in total. The van der Waals surface area contributed by atoms with Gasteiger partial charge < -0.3 is 10.6 Å². The molecule has 122 valence electrons. The first kappa shape index (κ1) is 16.1. The number of rotatable bonds is 5. The minimum absolute atomic E-state index is 0.242. The topological polar surface area (TPSA) is 79.8 Å². The van der Waals surface area contributed by atoms with E-state index < -0.39 is 0 Å². The van der Waals surface area contributed by atoms with Crippen molar-refractivity contribution in [2.24, 2.45) is 0 Å². The number of aryl methyl sites for hydroxylation is 2. The van der Waals surface area contributed by atoms with Crippen LogP contribution in [0.3, 0.4) is 0 Å². The lowest BCUT2D eigenvalue weighted by Crippen LogP contribution is -2.15. The van der Waals surface area contributed by atoms with Crippen LogP contribution >= 0.6 is 11.3 Å². The van der Waals surface area contributed by atoms with Gasteiger partial charge in [0.25, 0.3) is 5.91 Å². The monoisotopic (exact) mass is 339 g/mol. The van der Waals surface area contributed by atoms with Gasteiger partial charge in [0.15, 0.2) is 5.69 Å². The maximum atomic E-state index is 12.5. The summed E-state index contributed by atoms with van der Waals surface area (Å²) in [5.74, 6) is -0.242. The van der Waals surface area contributed by atoms with E-state index in [1.807, 2.05) is 38.1 Å². The average molecular weight is 339 g/mol. The number of carbonyl (C=O) groups is 1. The van der Waals surface area contributed by atoms with Crippen LogP contribution < -0.4 is 10.6 Å². The summed E-state index contributed by atoms with van der Waals surface area (Å²) in [6.45, 7) is 4.30. The molecule has 0 unspecified atom stereocenters. The van der Waals surface area contributed by atoms with Crippen molar-refractivity contribution in [1.82, 2.24) is 15.0 Å². The molecule has 3 aromatic rings. The Bertz CT molecular complexity index is 847. The fourth-order valence-corrected chi connectivity index (χ4v) is 3.00. The normalized spacial score (nSPS) is 10.4. The Morgan fingerprint density at radius 1 is 1.17 bits per heavy atom. The van der Waals surface area contributed by atoms with E-state index in [4.69, 9.17) is 0 Å². The van der Waals surface area contributed by atoms with E-state index in [9.17, 15) is 4.79 Å². The summed E-state index contributed by atoms with van der Waals surface area (Å²) in [5.41, 5.74) is 2.84. The Hall–Kier alpha value is -2.80. The Kier molecular flexibility index (Phi) is 4.81. The summed E-state index contributed by atoms with van der Waals surface area (Å²) in [5, 5.41) is 7.68. The molecule has 0 aliphatic rings. The number of aromatic nitrogens is 3. The second-order valence-electron chi connectivity index (χ2n) is 5.23. The molecular formula is C17H17N5OS. The lowest BCUT2D eigenvalue weighted by atomic mass is 10.3. The van der Waals surface area contributed by atoms with E-state index in [1.54, 1.807) is 18.5 Å². The van der Waals surface area contributed by atoms with Crippen LogP contribution in [0.5, 0.6) is 0 Å². The molecule has 7 heteroatoms. The zero-order chi connectivity index (χ0) is 16.9. The van der Waals surface area contributed by atoms with Crippen molar-refractivity contribution >= 4 is 27.9 Å². The summed E-state index contributed by atoms with van der Waals surface area (Å²) in [7, 11) is 0. The van der Waals surface area contributed by atoms with Gasteiger partial charge >= 0.3 is 0 Å². The standard InChI is InChI=1S/C17H17N5OS/c1-11-9-13(6-8-18-11)22-16(23)15-17(24-12(2)21-15)20-10-14-5-3-4-7-19-14/h3-9,20H,10H2,1-2H3,(H,18,22,23). The van der Waals surface area contributed by atoms with Crippen molar-refractivity contribution in [3.05, 3.63) is 64.8 Å². The molecular weight excluding hydrogens is 322 g/mol. The highest BCUT2D eigenvalue weighted by Crippen LogP contribution is 2.25. The number of thiazole rings is 1. The average Bonchev–Trinajstić information content (AvgIpc) is 2.95. The predicted octanol–water partition coefficient (Wildman–Crippen LogP) is 3.41. The molecule has 0 aromatic carbocycles. The lowest BCUT2D eigenvalue weighted by Gasteiger charge is -2.07. The number of nitrogens with one attached hydrogen (secondary N) is 2. The zero-order valence-electron chi connectivity index (χ0n) is 13.4. The van der Waals surface area contributed by atoms with Crippen LogP contribution in [-0.4, -0.2) is 20.9 Å². The second kappa shape index (κ2) is 7.18. The van der Waals surface area contributed by atoms with Crippen LogP contribution in [0.4, 0.5) is 10.7 Å². The van der Waals surface area contributed by atoms with E-state index in [-0.39, 0.29) is 5.91 Å². The third kappa shape index (κ3) is 3.94. The first-order chi connectivity index (χ1) is 11.6. The number of pyridine rings is 2. The summed E-state index contributed by atoms with van der Waals surface area (Å²) in [6.07, 6.45) is 3.41. The highest BCUT2D eigenvalue weighted by molar-refractivity contribution is 7.16. The van der Waals surface area contributed by atoms with Crippen molar-refractivity contribution in [2.45, 2.75) is 20.4 Å². The van der Waals surface area contributed by atoms with Gasteiger partial charge in [-0.2, -0.15) is 0 Å². The number of hydrogen-bond donors (Lipinski definition) is 2. The molecule has 24 heavy (non-hydrogen) atoms. The van der Waals surface area contributed by atoms with Gasteiger partial charge in [0, 0.05) is 23.8 Å². The van der Waals surface area contributed by atoms with Crippen LogP contribution in [0.2, 0.25) is 0 Å². The maximum absolute atomic E-state index is 12.5. The first-order valence-corrected chi connectivity index (χ1v) is 8.28. The van der Waals surface area contributed by atoms with Gasteiger partial charge in [-0.25, -0.2) is 4.98 Å². The van der Waals surface area contributed by atoms with Gasteiger partial charge in [0.2, 0.25) is 0 Å². The smallest absolute Gasteiger partial charge is 0.277 e. The number of carbonyl (C=O) groups excluding carboxylic acids is 1. The molecule has 0 aliphatic heterocycles. The summed E-state index contributed by atoms with van der Waals surface area (Å²) < 4.78 is 0. The minimum atomic E-state index is -0.242. The maximum Gasteiger partial charge on any atom is 0.277 e. The van der Waals surface area contributed by atoms with E-state index in [2.05, 4.69) is 25.6 Å². The van der Waals surface area contributed by atoms with Crippen LogP contribution in [0.25, 0.3) is 0 Å². The molecule has 0 radical (unpaired) electrons. The Labute approximate surface area is 144 Å². The highest BCUT2D eigenvalue weighted by atomic mass is 32.1. The summed E-state index contributed by atoms with van der Waals surface area (Å²) >= 11 is 1.45. The summed E-state index contributed by atoms with van der Waals surface area (Å²) in [4.78, 5) is 25.3. The van der Waals surface area contributed by atoms with Crippen molar-refractivity contribution < 1.29 is 4.79 Å². The highest BCUT2D eigenvalue weighted by Gasteiger charge is 2.17. The van der Waals surface area contributed by atoms with Crippen molar-refractivity contribution in [3.8, 4) is 0 Å². The van der Waals surface area contributed by atoms with Gasteiger partial charge in [-0.1, -0.05) is 6.07 Å². The quantitative estimate of drug-likeness (QED) is 0.744. The van der Waals surface area contributed by atoms with Crippen LogP contribution in [0.15, 0.2) is 42.7 Å². The van der Waals surface area contributed by atoms with Crippen molar-refractivity contribution in [1.29, 1.82) is 0 Å². The molecule has 0 aliphatic carbocycles. The molecule has 0 saturated heterocycles. The van der Waals surface area contributed by atoms with Crippen LogP contribution in [-0.2, 0) is 6.54 Å². The largest absolute Gasteiger partial charge is 0.369 e. The van der Waals surface area contributed by atoms with Crippen molar-refractivity contribution in [3.63, 3.8) is 0 Å². The van der Waals surface area contributed by atoms with Gasteiger partial charge in [0.1, 0.15) is 5.00 Å². The molecule has 0 fully saturated rings. The molecule has 2 N–H and O–H groups in total. The third-order valence-corrected chi connectivity index (χ3v) is 4.19. The van der Waals surface area contributed by atoms with E-state index in [1.165, 1.54) is 11.3 Å². The lowest BCUT2D eigenvalue weighted by molar-refractivity contribution is 0.102. The molecule has 3 aromatic heterocycles. The molecule has 0 spiro atoms. The SMILES string of the molecule is Cc1cc(NC(=O)c2nc(C)sc2NCc2ccccn2)ccn1. The Morgan fingerprint density at radius 3 is 2.79 bits per heavy atom. The van der Waals surface area contributed by atoms with Gasteiger partial charge in [-0.3, -0.25) is 14.8 Å². The van der Waals surface area contributed by atoms with Gasteiger partial charge in [-0.15, -0.1) is 11.3 Å². The number of nitrogens with zero attached hydrogens (tertiary/aromatic N) is 3. The molecule has 0 saturated carbocycles. The van der Waals surface area contributed by atoms with Gasteiger partial charge in [0.05, 0.1) is 17.2 Å². The zero-order valence-corrected chi connectivity index (χ0v) is 14.2. The molecule has 0 bridgehead atoms. The van der Waals surface area contributed by atoms with Crippen LogP contribution in [0.1, 0.15) is 26.9 Å². The predicted molar refractivity (Wildman–Crippen MR) is 95.3 cm³/mol. The number of hydrogen-bond acceptors (Lipinski definition) is 6. The molecule has 3 heterocycles. The number of anilines is 2. The number of amides is 1.